The van der Waals surface area contributed by atoms with Crippen LogP contribution in [0.25, 0.3) is 10.9 Å². The summed E-state index contributed by atoms with van der Waals surface area (Å²) >= 11 is 6.50. The van der Waals surface area contributed by atoms with Gasteiger partial charge in [0.15, 0.2) is 0 Å². The molecule has 0 fully saturated rings. The second-order valence-electron chi connectivity index (χ2n) is 8.85. The molecule has 0 saturated carbocycles. The average molecular weight is 478 g/mol. The van der Waals surface area contributed by atoms with E-state index < -0.39 is 5.60 Å². The summed E-state index contributed by atoms with van der Waals surface area (Å²) in [4.78, 5) is 15.3. The third-order valence-corrected chi connectivity index (χ3v) is 5.30. The van der Waals surface area contributed by atoms with Crippen molar-refractivity contribution in [3.8, 4) is 11.5 Å². The number of hydrogen-bond donors (Lipinski definition) is 1. The maximum absolute atomic E-state index is 6.50. The Morgan fingerprint density at radius 3 is 2.56 bits per heavy atom. The van der Waals surface area contributed by atoms with Crippen LogP contribution in [0.5, 0.6) is 11.5 Å². The van der Waals surface area contributed by atoms with E-state index >= 15 is 0 Å². The molecule has 0 aliphatic carbocycles. The fourth-order valence-electron chi connectivity index (χ4n) is 3.82. The van der Waals surface area contributed by atoms with E-state index in [0.29, 0.717) is 28.9 Å². The van der Waals surface area contributed by atoms with Crippen LogP contribution in [-0.4, -0.2) is 46.1 Å². The van der Waals surface area contributed by atoms with Gasteiger partial charge in [0.1, 0.15) is 35.9 Å². The van der Waals surface area contributed by atoms with Gasteiger partial charge < -0.3 is 19.7 Å². The zero-order valence-electron chi connectivity index (χ0n) is 19.7. The van der Waals surface area contributed by atoms with Gasteiger partial charge in [0.05, 0.1) is 21.6 Å². The number of rotatable bonds is 9. The summed E-state index contributed by atoms with van der Waals surface area (Å²) in [7, 11) is 4.05. The third kappa shape index (κ3) is 5.92. The summed E-state index contributed by atoms with van der Waals surface area (Å²) in [5.74, 6) is 1.94. The second kappa shape index (κ2) is 10.2. The summed E-state index contributed by atoms with van der Waals surface area (Å²) < 4.78 is 12.2. The molecule has 0 atom stereocenters. The number of benzene rings is 2. The van der Waals surface area contributed by atoms with E-state index in [-0.39, 0.29) is 0 Å². The quantitative estimate of drug-likeness (QED) is 0.330. The van der Waals surface area contributed by atoms with Crippen LogP contribution >= 0.6 is 11.6 Å². The number of pyridine rings is 1. The Morgan fingerprint density at radius 1 is 0.971 bits per heavy atom. The van der Waals surface area contributed by atoms with Gasteiger partial charge in [0.25, 0.3) is 0 Å². The Balaban J connectivity index is 1.57. The third-order valence-electron chi connectivity index (χ3n) is 5.00. The number of halogens is 1. The number of hydrogen-bond acceptors (Lipinski definition) is 7. The largest absolute Gasteiger partial charge is 0.486 e. The fraction of sp³-hybridized carbons (Fsp3) is 0.269. The van der Waals surface area contributed by atoms with Crippen molar-refractivity contribution >= 4 is 34.0 Å². The summed E-state index contributed by atoms with van der Waals surface area (Å²) in [6, 6.07) is 17.0. The predicted molar refractivity (Wildman–Crippen MR) is 136 cm³/mol. The molecule has 2 aromatic carbocycles. The minimum atomic E-state index is -0.402. The standard InChI is InChI=1S/C26H28ClN5O2/c1-26(2,16-32(3)4)34-23-10-7-9-21-24(23)25(30-17-29-21)31-18-11-12-22(20(27)14-18)33-15-19-8-5-6-13-28-19/h5-14,17H,15-16H2,1-4H3,(H,29,30,31). The number of anilines is 2. The molecule has 176 valence electrons. The first kappa shape index (κ1) is 23.7. The highest BCUT2D eigenvalue weighted by Crippen LogP contribution is 2.35. The molecule has 0 amide bonds. The highest BCUT2D eigenvalue weighted by molar-refractivity contribution is 6.32. The van der Waals surface area contributed by atoms with Crippen LogP contribution in [0.4, 0.5) is 11.5 Å². The lowest BCUT2D eigenvalue weighted by atomic mass is 10.1. The molecule has 0 bridgehead atoms. The van der Waals surface area contributed by atoms with Crippen molar-refractivity contribution in [1.82, 2.24) is 19.9 Å². The lowest BCUT2D eigenvalue weighted by Gasteiger charge is -2.30. The molecule has 0 aliphatic rings. The summed E-state index contributed by atoms with van der Waals surface area (Å²) in [5.41, 5.74) is 1.99. The van der Waals surface area contributed by atoms with Crippen molar-refractivity contribution in [2.45, 2.75) is 26.1 Å². The lowest BCUT2D eigenvalue weighted by molar-refractivity contribution is 0.0791. The van der Waals surface area contributed by atoms with Crippen LogP contribution in [0.1, 0.15) is 19.5 Å². The minimum absolute atomic E-state index is 0.341. The van der Waals surface area contributed by atoms with Gasteiger partial charge in [-0.1, -0.05) is 23.7 Å². The van der Waals surface area contributed by atoms with Gasteiger partial charge in [-0.15, -0.1) is 0 Å². The van der Waals surface area contributed by atoms with E-state index in [4.69, 9.17) is 21.1 Å². The van der Waals surface area contributed by atoms with E-state index in [1.165, 1.54) is 6.33 Å². The number of likely N-dealkylation sites (N-methyl/N-ethyl adjacent to an activating group) is 1. The van der Waals surface area contributed by atoms with Crippen LogP contribution in [0.2, 0.25) is 5.02 Å². The minimum Gasteiger partial charge on any atom is -0.486 e. The van der Waals surface area contributed by atoms with E-state index in [1.807, 2.05) is 68.7 Å². The van der Waals surface area contributed by atoms with Gasteiger partial charge in [-0.05, 0) is 70.4 Å². The average Bonchev–Trinajstić information content (AvgIpc) is 2.78. The van der Waals surface area contributed by atoms with Crippen molar-refractivity contribution in [3.05, 3.63) is 77.8 Å². The highest BCUT2D eigenvalue weighted by Gasteiger charge is 2.23. The van der Waals surface area contributed by atoms with E-state index in [0.717, 1.165) is 28.8 Å². The van der Waals surface area contributed by atoms with Crippen molar-refractivity contribution in [2.75, 3.05) is 26.0 Å². The van der Waals surface area contributed by atoms with Crippen molar-refractivity contribution in [1.29, 1.82) is 0 Å². The maximum atomic E-state index is 6.50. The van der Waals surface area contributed by atoms with Crippen molar-refractivity contribution in [2.24, 2.45) is 0 Å². The van der Waals surface area contributed by atoms with Gasteiger partial charge in [-0.3, -0.25) is 4.98 Å². The summed E-state index contributed by atoms with van der Waals surface area (Å²) in [6.45, 7) is 5.22. The molecule has 0 unspecified atom stereocenters. The summed E-state index contributed by atoms with van der Waals surface area (Å²) in [5, 5.41) is 4.66. The van der Waals surface area contributed by atoms with E-state index in [1.54, 1.807) is 6.20 Å². The normalized spacial score (nSPS) is 11.6. The molecule has 0 aliphatic heterocycles. The molecule has 34 heavy (non-hydrogen) atoms. The van der Waals surface area contributed by atoms with Crippen molar-refractivity contribution in [3.63, 3.8) is 0 Å². The monoisotopic (exact) mass is 477 g/mol. The van der Waals surface area contributed by atoms with Gasteiger partial charge in [0, 0.05) is 18.4 Å². The molecule has 1 N–H and O–H groups in total. The highest BCUT2D eigenvalue weighted by atomic mass is 35.5. The first-order chi connectivity index (χ1) is 16.3. The van der Waals surface area contributed by atoms with Crippen LogP contribution in [0.3, 0.4) is 0 Å². The van der Waals surface area contributed by atoms with Gasteiger partial charge in [0.2, 0.25) is 0 Å². The molecule has 0 spiro atoms. The topological polar surface area (TPSA) is 72.4 Å². The van der Waals surface area contributed by atoms with Gasteiger partial charge in [-0.2, -0.15) is 0 Å². The molecule has 7 nitrogen and oxygen atoms in total. The zero-order chi connectivity index (χ0) is 24.1. The number of fused-ring (bicyclic) bond motifs is 1. The Hall–Kier alpha value is -3.42. The smallest absolute Gasteiger partial charge is 0.145 e. The molecule has 4 rings (SSSR count). The lowest BCUT2D eigenvalue weighted by Crippen LogP contribution is -2.39. The van der Waals surface area contributed by atoms with Gasteiger partial charge >= 0.3 is 0 Å². The number of ether oxygens (including phenoxy) is 2. The van der Waals surface area contributed by atoms with E-state index in [2.05, 4.69) is 39.0 Å². The first-order valence-corrected chi connectivity index (χ1v) is 11.4. The Labute approximate surface area is 204 Å². The first-order valence-electron chi connectivity index (χ1n) is 11.0. The molecule has 2 heterocycles. The van der Waals surface area contributed by atoms with Crippen molar-refractivity contribution < 1.29 is 9.47 Å². The maximum Gasteiger partial charge on any atom is 0.145 e. The number of aromatic nitrogens is 3. The van der Waals surface area contributed by atoms with Crippen LogP contribution < -0.4 is 14.8 Å². The van der Waals surface area contributed by atoms with E-state index in [9.17, 15) is 0 Å². The molecule has 8 heteroatoms. The molecule has 2 aromatic heterocycles. The predicted octanol–water partition coefficient (Wildman–Crippen LogP) is 5.72. The summed E-state index contributed by atoms with van der Waals surface area (Å²) in [6.07, 6.45) is 3.27. The SMILES string of the molecule is CN(C)CC(C)(C)Oc1cccc2ncnc(Nc3ccc(OCc4ccccn4)c(Cl)c3)c12. The second-order valence-corrected chi connectivity index (χ2v) is 9.26. The molecular weight excluding hydrogens is 450 g/mol. The van der Waals surface area contributed by atoms with Crippen LogP contribution in [0, 0.1) is 0 Å². The Kier molecular flexibility index (Phi) is 7.14. The molecule has 0 saturated heterocycles. The molecule has 0 radical (unpaired) electrons. The molecule has 4 aromatic rings. The van der Waals surface area contributed by atoms with Gasteiger partial charge in [-0.25, -0.2) is 9.97 Å². The fourth-order valence-corrected chi connectivity index (χ4v) is 4.05. The van der Waals surface area contributed by atoms with Crippen LogP contribution in [0.15, 0.2) is 67.1 Å². The Bertz CT molecular complexity index is 1260. The van der Waals surface area contributed by atoms with Crippen LogP contribution in [-0.2, 0) is 6.61 Å². The zero-order valence-corrected chi connectivity index (χ0v) is 20.5. The molecular formula is C26H28ClN5O2. The Morgan fingerprint density at radius 2 is 1.82 bits per heavy atom. The number of nitrogens with one attached hydrogen (secondary N) is 1. The number of nitrogens with zero attached hydrogens (tertiary/aromatic N) is 4.